The molecule has 1 heterocycles. The lowest BCUT2D eigenvalue weighted by Gasteiger charge is -2.18. The predicted octanol–water partition coefficient (Wildman–Crippen LogP) is 2.50. The van der Waals surface area contributed by atoms with Gasteiger partial charge in [0.15, 0.2) is 5.76 Å². The van der Waals surface area contributed by atoms with Crippen molar-refractivity contribution in [2.75, 3.05) is 18.6 Å². The molecule has 9 heteroatoms. The summed E-state index contributed by atoms with van der Waals surface area (Å²) in [5.41, 5.74) is 2.46. The van der Waals surface area contributed by atoms with Crippen LogP contribution >= 0.6 is 0 Å². The number of carbonyl (C=O) groups is 2. The summed E-state index contributed by atoms with van der Waals surface area (Å²) < 4.78 is 22.8. The van der Waals surface area contributed by atoms with Crippen molar-refractivity contribution in [1.29, 1.82) is 0 Å². The summed E-state index contributed by atoms with van der Waals surface area (Å²) in [6.07, 6.45) is 2.06. The molecule has 2 atom stereocenters. The van der Waals surface area contributed by atoms with Crippen LogP contribution in [0.15, 0.2) is 59.0 Å². The molecule has 0 fully saturated rings. The molecule has 0 aliphatic carbocycles. The van der Waals surface area contributed by atoms with Gasteiger partial charge in [-0.2, -0.15) is 0 Å². The molecule has 1 aromatic heterocycles. The maximum Gasteiger partial charge on any atom is 0.287 e. The van der Waals surface area contributed by atoms with Gasteiger partial charge < -0.3 is 14.5 Å². The molecule has 3 N–H and O–H groups in total. The van der Waals surface area contributed by atoms with Crippen LogP contribution in [-0.2, 0) is 10.8 Å². The van der Waals surface area contributed by atoms with Crippen molar-refractivity contribution in [3.05, 3.63) is 65.9 Å². The predicted molar refractivity (Wildman–Crippen MR) is 112 cm³/mol. The molecule has 0 saturated carbocycles. The van der Waals surface area contributed by atoms with Gasteiger partial charge in [0.1, 0.15) is 17.9 Å². The van der Waals surface area contributed by atoms with Crippen LogP contribution in [0.4, 0.5) is 0 Å². The SMILES string of the molecule is CS(=O)CC[C@@H](COc1ccc(C(=O)NO)cc1)NC(=O)c1cc2ccccc2o1. The summed E-state index contributed by atoms with van der Waals surface area (Å²) in [5.74, 6) is 0.0900. The molecule has 0 radical (unpaired) electrons. The third-order valence-corrected chi connectivity index (χ3v) is 5.22. The van der Waals surface area contributed by atoms with E-state index in [1.54, 1.807) is 36.0 Å². The Kier molecular flexibility index (Phi) is 7.21. The fourth-order valence-electron chi connectivity index (χ4n) is 2.82. The van der Waals surface area contributed by atoms with Crippen molar-refractivity contribution in [2.45, 2.75) is 12.5 Å². The van der Waals surface area contributed by atoms with E-state index >= 15 is 0 Å². The summed E-state index contributed by atoms with van der Waals surface area (Å²) in [6.45, 7) is 0.148. The van der Waals surface area contributed by atoms with Crippen LogP contribution in [0.25, 0.3) is 11.0 Å². The van der Waals surface area contributed by atoms with Crippen molar-refractivity contribution in [3.8, 4) is 5.75 Å². The van der Waals surface area contributed by atoms with E-state index in [0.717, 1.165) is 5.39 Å². The second kappa shape index (κ2) is 10.0. The second-order valence-corrected chi connectivity index (χ2v) is 8.22. The average molecular weight is 430 g/mol. The number of amides is 2. The molecule has 2 amide bonds. The van der Waals surface area contributed by atoms with Crippen LogP contribution in [-0.4, -0.2) is 45.9 Å². The van der Waals surface area contributed by atoms with Crippen LogP contribution in [0, 0.1) is 0 Å². The molecule has 30 heavy (non-hydrogen) atoms. The first-order valence-electron chi connectivity index (χ1n) is 9.23. The Bertz CT molecular complexity index is 1010. The van der Waals surface area contributed by atoms with E-state index in [0.29, 0.717) is 23.5 Å². The Morgan fingerprint density at radius 1 is 1.13 bits per heavy atom. The number of hydroxylamine groups is 1. The van der Waals surface area contributed by atoms with Crippen molar-refractivity contribution < 1.29 is 28.2 Å². The monoisotopic (exact) mass is 430 g/mol. The molecular weight excluding hydrogens is 408 g/mol. The number of rotatable bonds is 9. The number of furan rings is 1. The molecule has 8 nitrogen and oxygen atoms in total. The zero-order valence-electron chi connectivity index (χ0n) is 16.3. The minimum absolute atomic E-state index is 0.148. The van der Waals surface area contributed by atoms with Crippen molar-refractivity contribution in [3.63, 3.8) is 0 Å². The highest BCUT2D eigenvalue weighted by molar-refractivity contribution is 7.84. The van der Waals surface area contributed by atoms with E-state index in [4.69, 9.17) is 14.4 Å². The molecule has 1 unspecified atom stereocenters. The van der Waals surface area contributed by atoms with Crippen LogP contribution < -0.4 is 15.5 Å². The van der Waals surface area contributed by atoms with Crippen molar-refractivity contribution in [1.82, 2.24) is 10.8 Å². The Labute approximate surface area is 175 Å². The lowest BCUT2D eigenvalue weighted by atomic mass is 10.2. The van der Waals surface area contributed by atoms with Crippen LogP contribution in [0.3, 0.4) is 0 Å². The van der Waals surface area contributed by atoms with Gasteiger partial charge in [-0.05, 0) is 42.8 Å². The maximum atomic E-state index is 12.6. The summed E-state index contributed by atoms with van der Waals surface area (Å²) in [6, 6.07) is 14.8. The molecule has 0 spiro atoms. The van der Waals surface area contributed by atoms with E-state index in [1.165, 1.54) is 12.1 Å². The quantitative estimate of drug-likeness (QED) is 0.355. The Hall–Kier alpha value is -3.17. The Morgan fingerprint density at radius 3 is 2.53 bits per heavy atom. The smallest absolute Gasteiger partial charge is 0.287 e. The lowest BCUT2D eigenvalue weighted by Crippen LogP contribution is -2.40. The topological polar surface area (TPSA) is 118 Å². The summed E-state index contributed by atoms with van der Waals surface area (Å²) >= 11 is 0. The molecule has 0 aliphatic heterocycles. The van der Waals surface area contributed by atoms with Crippen LogP contribution in [0.2, 0.25) is 0 Å². The molecule has 0 saturated heterocycles. The second-order valence-electron chi connectivity index (χ2n) is 6.66. The zero-order valence-corrected chi connectivity index (χ0v) is 17.1. The highest BCUT2D eigenvalue weighted by atomic mass is 32.2. The van der Waals surface area contributed by atoms with Gasteiger partial charge in [-0.25, -0.2) is 5.48 Å². The number of ether oxygens (including phenoxy) is 1. The van der Waals surface area contributed by atoms with Crippen LogP contribution in [0.1, 0.15) is 27.3 Å². The number of hydrogen-bond donors (Lipinski definition) is 3. The van der Waals surface area contributed by atoms with E-state index in [-0.39, 0.29) is 23.8 Å². The van der Waals surface area contributed by atoms with Gasteiger partial charge in [0.25, 0.3) is 11.8 Å². The van der Waals surface area contributed by atoms with E-state index < -0.39 is 22.7 Å². The fraction of sp³-hybridized carbons (Fsp3) is 0.238. The van der Waals surface area contributed by atoms with Gasteiger partial charge in [-0.3, -0.25) is 19.0 Å². The number of para-hydroxylation sites is 1. The standard InChI is InChI=1S/C21H22N2O6S/c1-30(27)11-10-16(13-28-17-8-6-14(7-9-17)20(24)23-26)22-21(25)19-12-15-4-2-3-5-18(15)29-19/h2-9,12,16,26H,10-11,13H2,1H3,(H,22,25)(H,23,24)/t16-,30?/m0/s1. The molecule has 2 aromatic carbocycles. The normalized spacial score (nSPS) is 12.9. The van der Waals surface area contributed by atoms with Gasteiger partial charge >= 0.3 is 0 Å². The first-order chi connectivity index (χ1) is 14.5. The first kappa shape index (κ1) is 21.5. The number of nitrogens with one attached hydrogen (secondary N) is 2. The minimum atomic E-state index is -1.01. The number of fused-ring (bicyclic) bond motifs is 1. The number of benzene rings is 2. The Morgan fingerprint density at radius 2 is 1.87 bits per heavy atom. The minimum Gasteiger partial charge on any atom is -0.491 e. The van der Waals surface area contributed by atoms with Gasteiger partial charge in [0.2, 0.25) is 0 Å². The molecule has 0 bridgehead atoms. The average Bonchev–Trinajstić information content (AvgIpc) is 3.19. The fourth-order valence-corrected chi connectivity index (χ4v) is 3.44. The molecule has 3 aromatic rings. The van der Waals surface area contributed by atoms with Crippen LogP contribution in [0.5, 0.6) is 5.75 Å². The highest BCUT2D eigenvalue weighted by Gasteiger charge is 2.18. The van der Waals surface area contributed by atoms with Gasteiger partial charge in [-0.15, -0.1) is 0 Å². The molecular formula is C21H22N2O6S. The summed E-state index contributed by atoms with van der Waals surface area (Å²) in [5, 5.41) is 12.4. The lowest BCUT2D eigenvalue weighted by molar-refractivity contribution is 0.0706. The van der Waals surface area contributed by atoms with Crippen molar-refractivity contribution in [2.24, 2.45) is 0 Å². The largest absolute Gasteiger partial charge is 0.491 e. The van der Waals surface area contributed by atoms with Gasteiger partial charge in [0, 0.05) is 33.8 Å². The third kappa shape index (κ3) is 5.68. The number of carbonyl (C=O) groups excluding carboxylic acids is 2. The molecule has 3 rings (SSSR count). The molecule has 0 aliphatic rings. The number of hydrogen-bond acceptors (Lipinski definition) is 6. The van der Waals surface area contributed by atoms with Crippen molar-refractivity contribution >= 4 is 33.6 Å². The summed E-state index contributed by atoms with van der Waals surface area (Å²) in [7, 11) is -1.01. The van der Waals surface area contributed by atoms with Gasteiger partial charge in [0.05, 0.1) is 6.04 Å². The Balaban J connectivity index is 1.65. The van der Waals surface area contributed by atoms with E-state index in [9.17, 15) is 13.8 Å². The van der Waals surface area contributed by atoms with Gasteiger partial charge in [-0.1, -0.05) is 18.2 Å². The van der Waals surface area contributed by atoms with E-state index in [2.05, 4.69) is 5.32 Å². The summed E-state index contributed by atoms with van der Waals surface area (Å²) in [4.78, 5) is 24.0. The maximum absolute atomic E-state index is 12.6. The zero-order chi connectivity index (χ0) is 21.5. The third-order valence-electron chi connectivity index (χ3n) is 4.41. The van der Waals surface area contributed by atoms with E-state index in [1.807, 2.05) is 18.2 Å². The highest BCUT2D eigenvalue weighted by Crippen LogP contribution is 2.19. The first-order valence-corrected chi connectivity index (χ1v) is 11.0. The molecule has 158 valence electrons.